The van der Waals surface area contributed by atoms with Gasteiger partial charge in [-0.1, -0.05) is 23.2 Å². The maximum atomic E-state index is 12.1. The van der Waals surface area contributed by atoms with Crippen molar-refractivity contribution < 1.29 is 9.59 Å². The Morgan fingerprint density at radius 2 is 1.65 bits per heavy atom. The third kappa shape index (κ3) is 4.39. The second kappa shape index (κ2) is 6.46. The van der Waals surface area contributed by atoms with Gasteiger partial charge in [-0.3, -0.25) is 9.59 Å². The molecular weight excluding hydrogens is 299 g/mol. The summed E-state index contributed by atoms with van der Waals surface area (Å²) in [5, 5.41) is 3.30. The standard InChI is InChI=1S/C14H18Cl2N2O2/c1-5-18(14(2,3)4)13(20)12(19)17-11-7-9(15)6-10(16)8-11/h6-8H,5H2,1-4H3,(H,17,19). The van der Waals surface area contributed by atoms with Crippen molar-refractivity contribution in [1.29, 1.82) is 0 Å². The Hall–Kier alpha value is -1.26. The quantitative estimate of drug-likeness (QED) is 0.848. The van der Waals surface area contributed by atoms with Gasteiger partial charge in [0.2, 0.25) is 0 Å². The fourth-order valence-electron chi connectivity index (χ4n) is 1.86. The molecule has 0 aliphatic rings. The maximum absolute atomic E-state index is 12.1. The van der Waals surface area contributed by atoms with E-state index < -0.39 is 17.4 Å². The molecule has 0 heterocycles. The molecule has 1 aromatic carbocycles. The number of hydrogen-bond donors (Lipinski definition) is 1. The summed E-state index contributed by atoms with van der Waals surface area (Å²) in [5.41, 5.74) is -0.0272. The van der Waals surface area contributed by atoms with Crippen molar-refractivity contribution >= 4 is 40.7 Å². The van der Waals surface area contributed by atoms with E-state index in [-0.39, 0.29) is 0 Å². The van der Waals surface area contributed by atoms with Gasteiger partial charge in [0.15, 0.2) is 0 Å². The molecule has 0 bridgehead atoms. The van der Waals surface area contributed by atoms with Crippen LogP contribution in [0.15, 0.2) is 18.2 Å². The maximum Gasteiger partial charge on any atom is 0.313 e. The van der Waals surface area contributed by atoms with E-state index >= 15 is 0 Å². The van der Waals surface area contributed by atoms with Crippen LogP contribution in [0.25, 0.3) is 0 Å². The number of hydrogen-bond acceptors (Lipinski definition) is 2. The van der Waals surface area contributed by atoms with Crippen LogP contribution in [0.4, 0.5) is 5.69 Å². The Morgan fingerprint density at radius 1 is 1.15 bits per heavy atom. The summed E-state index contributed by atoms with van der Waals surface area (Å²) in [4.78, 5) is 25.6. The number of carbonyl (C=O) groups is 2. The van der Waals surface area contributed by atoms with Crippen molar-refractivity contribution in [3.8, 4) is 0 Å². The summed E-state index contributed by atoms with van der Waals surface area (Å²) in [6, 6.07) is 4.62. The second-order valence-corrected chi connectivity index (χ2v) is 6.21. The van der Waals surface area contributed by atoms with E-state index in [1.807, 2.05) is 27.7 Å². The number of nitrogens with one attached hydrogen (secondary N) is 1. The van der Waals surface area contributed by atoms with Crippen LogP contribution in [0, 0.1) is 0 Å². The molecule has 0 fully saturated rings. The van der Waals surface area contributed by atoms with Gasteiger partial charge in [0.05, 0.1) is 0 Å². The first kappa shape index (κ1) is 16.8. The summed E-state index contributed by atoms with van der Waals surface area (Å²) in [6.45, 7) is 7.90. The van der Waals surface area contributed by atoms with E-state index in [0.717, 1.165) is 0 Å². The number of benzene rings is 1. The molecule has 1 rings (SSSR count). The fourth-order valence-corrected chi connectivity index (χ4v) is 2.38. The molecule has 0 atom stereocenters. The summed E-state index contributed by atoms with van der Waals surface area (Å²) < 4.78 is 0. The van der Waals surface area contributed by atoms with Crippen molar-refractivity contribution in [2.45, 2.75) is 33.2 Å². The van der Waals surface area contributed by atoms with Gasteiger partial charge in [-0.2, -0.15) is 0 Å². The first-order valence-corrected chi connectivity index (χ1v) is 6.99. The van der Waals surface area contributed by atoms with Gasteiger partial charge < -0.3 is 10.2 Å². The molecule has 0 aromatic heterocycles. The Labute approximate surface area is 129 Å². The van der Waals surface area contributed by atoms with E-state index in [1.54, 1.807) is 6.07 Å². The molecule has 0 unspecified atom stereocenters. The highest BCUT2D eigenvalue weighted by Gasteiger charge is 2.29. The Balaban J connectivity index is 2.87. The summed E-state index contributed by atoms with van der Waals surface area (Å²) >= 11 is 11.7. The van der Waals surface area contributed by atoms with E-state index in [1.165, 1.54) is 17.0 Å². The molecule has 1 N–H and O–H groups in total. The molecule has 0 saturated heterocycles. The first-order valence-electron chi connectivity index (χ1n) is 6.24. The zero-order valence-electron chi connectivity index (χ0n) is 12.0. The minimum atomic E-state index is -0.708. The van der Waals surface area contributed by atoms with Gasteiger partial charge in [0.25, 0.3) is 0 Å². The van der Waals surface area contributed by atoms with Crippen LogP contribution in [0.1, 0.15) is 27.7 Å². The highest BCUT2D eigenvalue weighted by molar-refractivity contribution is 6.40. The molecule has 110 valence electrons. The van der Waals surface area contributed by atoms with Crippen LogP contribution in [0.5, 0.6) is 0 Å². The zero-order valence-corrected chi connectivity index (χ0v) is 13.5. The minimum absolute atomic E-state index is 0.392. The number of carbonyl (C=O) groups excluding carboxylic acids is 2. The average Bonchev–Trinajstić information content (AvgIpc) is 2.25. The van der Waals surface area contributed by atoms with E-state index in [2.05, 4.69) is 5.32 Å². The third-order valence-electron chi connectivity index (χ3n) is 2.69. The monoisotopic (exact) mass is 316 g/mol. The lowest BCUT2D eigenvalue weighted by Crippen LogP contribution is -2.49. The first-order chi connectivity index (χ1) is 9.15. The van der Waals surface area contributed by atoms with Gasteiger partial charge in [-0.15, -0.1) is 0 Å². The average molecular weight is 317 g/mol. The van der Waals surface area contributed by atoms with Crippen molar-refractivity contribution in [2.24, 2.45) is 0 Å². The number of rotatable bonds is 2. The summed E-state index contributed by atoms with van der Waals surface area (Å²) in [6.07, 6.45) is 0. The van der Waals surface area contributed by atoms with Crippen LogP contribution < -0.4 is 5.32 Å². The topological polar surface area (TPSA) is 49.4 Å². The number of anilines is 1. The van der Waals surface area contributed by atoms with E-state index in [0.29, 0.717) is 22.3 Å². The molecule has 0 radical (unpaired) electrons. The lowest BCUT2D eigenvalue weighted by molar-refractivity contribution is -0.146. The summed E-state index contributed by atoms with van der Waals surface area (Å²) in [7, 11) is 0. The van der Waals surface area contributed by atoms with Gasteiger partial charge in [-0.05, 0) is 45.9 Å². The predicted molar refractivity (Wildman–Crippen MR) is 82.2 cm³/mol. The van der Waals surface area contributed by atoms with E-state index in [4.69, 9.17) is 23.2 Å². The Morgan fingerprint density at radius 3 is 2.05 bits per heavy atom. The van der Waals surface area contributed by atoms with Crippen LogP contribution >= 0.6 is 23.2 Å². The SMILES string of the molecule is CCN(C(=O)C(=O)Nc1cc(Cl)cc(Cl)c1)C(C)(C)C. The van der Waals surface area contributed by atoms with Gasteiger partial charge in [0.1, 0.15) is 0 Å². The van der Waals surface area contributed by atoms with Gasteiger partial charge >= 0.3 is 11.8 Å². The van der Waals surface area contributed by atoms with Crippen molar-refractivity contribution in [1.82, 2.24) is 4.90 Å². The number of amides is 2. The van der Waals surface area contributed by atoms with Crippen molar-refractivity contribution in [3.63, 3.8) is 0 Å². The van der Waals surface area contributed by atoms with Crippen molar-refractivity contribution in [3.05, 3.63) is 28.2 Å². The normalized spacial score (nSPS) is 11.1. The molecule has 2 amide bonds. The van der Waals surface area contributed by atoms with E-state index in [9.17, 15) is 9.59 Å². The van der Waals surface area contributed by atoms with Crippen LogP contribution in [0.3, 0.4) is 0 Å². The van der Waals surface area contributed by atoms with Gasteiger partial charge in [0, 0.05) is 27.8 Å². The molecule has 0 saturated carbocycles. The molecule has 0 spiro atoms. The van der Waals surface area contributed by atoms with Gasteiger partial charge in [-0.25, -0.2) is 0 Å². The second-order valence-electron chi connectivity index (χ2n) is 5.33. The molecule has 1 aromatic rings. The van der Waals surface area contributed by atoms with Crippen LogP contribution in [-0.2, 0) is 9.59 Å². The highest BCUT2D eigenvalue weighted by Crippen LogP contribution is 2.22. The van der Waals surface area contributed by atoms with Crippen LogP contribution in [0.2, 0.25) is 10.0 Å². The van der Waals surface area contributed by atoms with Crippen molar-refractivity contribution in [2.75, 3.05) is 11.9 Å². The lowest BCUT2D eigenvalue weighted by atomic mass is 10.1. The third-order valence-corrected chi connectivity index (χ3v) is 3.12. The lowest BCUT2D eigenvalue weighted by Gasteiger charge is -2.34. The highest BCUT2D eigenvalue weighted by atomic mass is 35.5. The number of halogens is 2. The molecule has 0 aliphatic heterocycles. The Bertz CT molecular complexity index is 504. The Kier molecular flexibility index (Phi) is 5.42. The number of likely N-dealkylation sites (N-methyl/N-ethyl adjacent to an activating group) is 1. The smallest absolute Gasteiger partial charge is 0.313 e. The molecule has 20 heavy (non-hydrogen) atoms. The predicted octanol–water partition coefficient (Wildman–Crippen LogP) is 3.58. The summed E-state index contributed by atoms with van der Waals surface area (Å²) in [5.74, 6) is -1.30. The fraction of sp³-hybridized carbons (Fsp3) is 0.429. The zero-order chi connectivity index (χ0) is 15.5. The number of nitrogens with zero attached hydrogens (tertiary/aromatic N) is 1. The molecular formula is C14H18Cl2N2O2. The largest absolute Gasteiger partial charge is 0.330 e. The minimum Gasteiger partial charge on any atom is -0.330 e. The molecule has 4 nitrogen and oxygen atoms in total. The van der Waals surface area contributed by atoms with Crippen LogP contribution in [-0.4, -0.2) is 28.8 Å². The molecule has 0 aliphatic carbocycles. The molecule has 6 heteroatoms.